The van der Waals surface area contributed by atoms with Gasteiger partial charge in [-0.05, 0) is 24.3 Å². The lowest BCUT2D eigenvalue weighted by Gasteiger charge is -2.07. The number of sulfonamides is 1. The topological polar surface area (TPSA) is 77.2 Å². The van der Waals surface area contributed by atoms with E-state index >= 15 is 0 Å². The van der Waals surface area contributed by atoms with Crippen LogP contribution in [-0.2, 0) is 20.8 Å². The van der Waals surface area contributed by atoms with Gasteiger partial charge in [-0.15, -0.1) is 0 Å². The van der Waals surface area contributed by atoms with Crippen molar-refractivity contribution in [2.24, 2.45) is 5.14 Å². The van der Waals surface area contributed by atoms with Gasteiger partial charge >= 0.3 is 0 Å². The second-order valence-electron chi connectivity index (χ2n) is 3.57. The van der Waals surface area contributed by atoms with Crippen molar-refractivity contribution in [3.05, 3.63) is 54.6 Å². The molecule has 94 valence electrons. The molecule has 0 radical (unpaired) electrons. The highest BCUT2D eigenvalue weighted by molar-refractivity contribution is 7.90. The molecular formula is C12H11NO3S2. The summed E-state index contributed by atoms with van der Waals surface area (Å²) in [4.78, 5) is 0.631. The van der Waals surface area contributed by atoms with Crippen molar-refractivity contribution in [2.45, 2.75) is 14.7 Å². The minimum Gasteiger partial charge on any atom is -0.249 e. The lowest BCUT2D eigenvalue weighted by Crippen LogP contribution is -2.15. The highest BCUT2D eigenvalue weighted by Gasteiger charge is 2.18. The molecule has 6 heteroatoms. The van der Waals surface area contributed by atoms with Crippen LogP contribution in [-0.4, -0.2) is 12.6 Å². The second-order valence-corrected chi connectivity index (χ2v) is 6.55. The Morgan fingerprint density at radius 3 is 2.06 bits per heavy atom. The smallest absolute Gasteiger partial charge is 0.239 e. The van der Waals surface area contributed by atoms with Crippen LogP contribution in [0, 0.1) is 0 Å². The number of hydrogen-bond donors (Lipinski definition) is 1. The summed E-state index contributed by atoms with van der Waals surface area (Å²) in [5.41, 5.74) is 0. The van der Waals surface area contributed by atoms with E-state index in [1.807, 2.05) is 0 Å². The van der Waals surface area contributed by atoms with Gasteiger partial charge in [0.2, 0.25) is 10.0 Å². The Morgan fingerprint density at radius 1 is 0.889 bits per heavy atom. The number of primary sulfonamides is 1. The maximum absolute atomic E-state index is 12.3. The van der Waals surface area contributed by atoms with Crippen molar-refractivity contribution in [3.8, 4) is 0 Å². The average Bonchev–Trinajstić information content (AvgIpc) is 2.38. The first-order chi connectivity index (χ1) is 8.50. The first-order valence-corrected chi connectivity index (χ1v) is 7.78. The molecule has 0 aliphatic heterocycles. The van der Waals surface area contributed by atoms with Crippen LogP contribution in [0.15, 0.2) is 69.3 Å². The van der Waals surface area contributed by atoms with E-state index in [2.05, 4.69) is 0 Å². The fraction of sp³-hybridized carbons (Fsp3) is 0. The minimum absolute atomic E-state index is 0.104. The molecule has 0 aliphatic rings. The lowest BCUT2D eigenvalue weighted by molar-refractivity contribution is 0.595. The maximum atomic E-state index is 12.3. The summed E-state index contributed by atoms with van der Waals surface area (Å²) in [6.07, 6.45) is 0. The van der Waals surface area contributed by atoms with Gasteiger partial charge in [0.05, 0.1) is 20.6 Å². The maximum Gasteiger partial charge on any atom is 0.239 e. The van der Waals surface area contributed by atoms with Gasteiger partial charge in [0.15, 0.2) is 0 Å². The van der Waals surface area contributed by atoms with Crippen LogP contribution in [0.1, 0.15) is 0 Å². The molecular weight excluding hydrogens is 270 g/mol. The Bertz CT molecular complexity index is 681. The summed E-state index contributed by atoms with van der Waals surface area (Å²) in [6, 6.07) is 14.7. The van der Waals surface area contributed by atoms with Gasteiger partial charge in [-0.1, -0.05) is 30.3 Å². The van der Waals surface area contributed by atoms with E-state index in [0.29, 0.717) is 4.90 Å². The third-order valence-electron chi connectivity index (χ3n) is 2.31. The summed E-state index contributed by atoms with van der Waals surface area (Å²) < 4.78 is 35.2. The summed E-state index contributed by atoms with van der Waals surface area (Å²) in [5.74, 6) is 0. The minimum atomic E-state index is -3.88. The fourth-order valence-electron chi connectivity index (χ4n) is 1.51. The molecule has 2 aromatic carbocycles. The van der Waals surface area contributed by atoms with E-state index in [4.69, 9.17) is 5.14 Å². The van der Waals surface area contributed by atoms with Crippen molar-refractivity contribution in [1.82, 2.24) is 0 Å². The van der Waals surface area contributed by atoms with Gasteiger partial charge < -0.3 is 0 Å². The van der Waals surface area contributed by atoms with Crippen LogP contribution in [0.5, 0.6) is 0 Å². The molecule has 0 heterocycles. The van der Waals surface area contributed by atoms with Crippen molar-refractivity contribution in [1.29, 1.82) is 0 Å². The molecule has 18 heavy (non-hydrogen) atoms. The van der Waals surface area contributed by atoms with Crippen molar-refractivity contribution < 1.29 is 12.6 Å². The van der Waals surface area contributed by atoms with Crippen molar-refractivity contribution in [2.75, 3.05) is 0 Å². The Labute approximate surface area is 108 Å². The van der Waals surface area contributed by atoms with Gasteiger partial charge in [0.25, 0.3) is 0 Å². The zero-order valence-corrected chi connectivity index (χ0v) is 10.9. The molecule has 0 saturated carbocycles. The van der Waals surface area contributed by atoms with Crippen LogP contribution < -0.4 is 5.14 Å². The summed E-state index contributed by atoms with van der Waals surface area (Å²) >= 11 is 0. The molecule has 2 N–H and O–H groups in total. The lowest BCUT2D eigenvalue weighted by atomic mass is 10.4. The number of nitrogens with two attached hydrogens (primary N) is 1. The molecule has 0 fully saturated rings. The zero-order chi connectivity index (χ0) is 13.2. The van der Waals surface area contributed by atoms with Crippen molar-refractivity contribution in [3.63, 3.8) is 0 Å². The molecule has 1 atom stereocenters. The van der Waals surface area contributed by atoms with Crippen LogP contribution >= 0.6 is 0 Å². The highest BCUT2D eigenvalue weighted by atomic mass is 32.2. The van der Waals surface area contributed by atoms with Gasteiger partial charge in [-0.2, -0.15) is 0 Å². The van der Waals surface area contributed by atoms with E-state index in [1.54, 1.807) is 42.5 Å². The molecule has 0 saturated heterocycles. The number of benzene rings is 2. The van der Waals surface area contributed by atoms with E-state index in [9.17, 15) is 12.6 Å². The van der Waals surface area contributed by atoms with Gasteiger partial charge in [-0.25, -0.2) is 17.8 Å². The second kappa shape index (κ2) is 5.01. The Balaban J connectivity index is 2.57. The van der Waals surface area contributed by atoms with Crippen LogP contribution in [0.3, 0.4) is 0 Å². The quantitative estimate of drug-likeness (QED) is 0.926. The van der Waals surface area contributed by atoms with Crippen molar-refractivity contribution >= 4 is 20.8 Å². The third-order valence-corrected chi connectivity index (χ3v) is 4.87. The summed E-state index contributed by atoms with van der Waals surface area (Å²) in [6.45, 7) is 0. The molecule has 2 aromatic rings. The van der Waals surface area contributed by atoms with Crippen LogP contribution in [0.25, 0.3) is 0 Å². The normalized spacial score (nSPS) is 13.2. The van der Waals surface area contributed by atoms with E-state index in [1.165, 1.54) is 12.1 Å². The number of hydrogen-bond acceptors (Lipinski definition) is 3. The Hall–Kier alpha value is -1.50. The fourth-order valence-corrected chi connectivity index (χ4v) is 3.81. The summed E-state index contributed by atoms with van der Waals surface area (Å²) in [7, 11) is -5.44. The Kier molecular flexibility index (Phi) is 3.60. The molecule has 4 nitrogen and oxygen atoms in total. The van der Waals surface area contributed by atoms with E-state index in [-0.39, 0.29) is 9.79 Å². The largest absolute Gasteiger partial charge is 0.249 e. The first kappa shape index (κ1) is 12.9. The Morgan fingerprint density at radius 2 is 1.44 bits per heavy atom. The SMILES string of the molecule is NS(=O)(=O)c1ccccc1S(=O)c1ccccc1. The molecule has 1 unspecified atom stereocenters. The predicted octanol–water partition coefficient (Wildman–Crippen LogP) is 1.50. The van der Waals surface area contributed by atoms with Gasteiger partial charge in [-0.3, -0.25) is 0 Å². The van der Waals surface area contributed by atoms with Crippen LogP contribution in [0.2, 0.25) is 0 Å². The monoisotopic (exact) mass is 281 g/mol. The molecule has 0 aromatic heterocycles. The standard InChI is InChI=1S/C12H11NO3S2/c13-18(15,16)12-9-5-4-8-11(12)17(14)10-6-2-1-3-7-10/h1-9H,(H2,13,15,16). The van der Waals surface area contributed by atoms with E-state index < -0.39 is 20.8 Å². The zero-order valence-electron chi connectivity index (χ0n) is 9.31. The molecule has 2 rings (SSSR count). The van der Waals surface area contributed by atoms with Gasteiger partial charge in [0.1, 0.15) is 0 Å². The molecule has 0 aliphatic carbocycles. The number of rotatable bonds is 3. The average molecular weight is 281 g/mol. The molecule has 0 spiro atoms. The van der Waals surface area contributed by atoms with E-state index in [0.717, 1.165) is 0 Å². The predicted molar refractivity (Wildman–Crippen MR) is 68.9 cm³/mol. The van der Waals surface area contributed by atoms with Crippen LogP contribution in [0.4, 0.5) is 0 Å². The molecule has 0 bridgehead atoms. The molecule has 0 amide bonds. The third kappa shape index (κ3) is 2.66. The first-order valence-electron chi connectivity index (χ1n) is 5.09. The summed E-state index contributed by atoms with van der Waals surface area (Å²) in [5, 5.41) is 5.11. The highest BCUT2D eigenvalue weighted by Crippen LogP contribution is 2.22. The van der Waals surface area contributed by atoms with Gasteiger partial charge in [0, 0.05) is 4.90 Å².